The van der Waals surface area contributed by atoms with E-state index in [1.165, 1.54) is 141 Å². The smallest absolute Gasteiger partial charge is 0.306 e. The molecule has 51 heavy (non-hydrogen) atoms. The van der Waals surface area contributed by atoms with Gasteiger partial charge >= 0.3 is 17.9 Å². The minimum Gasteiger partial charge on any atom is -0.462 e. The largest absolute Gasteiger partial charge is 0.462 e. The van der Waals surface area contributed by atoms with Crippen LogP contribution in [0.2, 0.25) is 0 Å². The molecule has 0 aromatic carbocycles. The van der Waals surface area contributed by atoms with Crippen LogP contribution in [0.4, 0.5) is 0 Å². The summed E-state index contributed by atoms with van der Waals surface area (Å²) in [4.78, 5) is 37.5. The molecule has 0 N–H and O–H groups in total. The summed E-state index contributed by atoms with van der Waals surface area (Å²) in [6.45, 7) is 8.91. The quantitative estimate of drug-likeness (QED) is 0.0356. The van der Waals surface area contributed by atoms with Gasteiger partial charge in [-0.2, -0.15) is 0 Å². The molecule has 0 radical (unpaired) electrons. The van der Waals surface area contributed by atoms with Gasteiger partial charge in [0.2, 0.25) is 0 Å². The molecular weight excluding hydrogens is 636 g/mol. The Labute approximate surface area is 317 Å². The van der Waals surface area contributed by atoms with Crippen LogP contribution in [0.25, 0.3) is 0 Å². The average Bonchev–Trinajstić information content (AvgIpc) is 3.11. The van der Waals surface area contributed by atoms with E-state index in [2.05, 4.69) is 27.7 Å². The Hall–Kier alpha value is -1.59. The van der Waals surface area contributed by atoms with Crippen molar-refractivity contribution in [1.82, 2.24) is 0 Å². The highest BCUT2D eigenvalue weighted by Crippen LogP contribution is 2.16. The van der Waals surface area contributed by atoms with Gasteiger partial charge in [-0.15, -0.1) is 0 Å². The number of unbranched alkanes of at least 4 members (excludes halogenated alkanes) is 27. The van der Waals surface area contributed by atoms with Gasteiger partial charge in [-0.3, -0.25) is 14.4 Å². The van der Waals surface area contributed by atoms with E-state index < -0.39 is 6.10 Å². The van der Waals surface area contributed by atoms with Crippen molar-refractivity contribution >= 4 is 17.9 Å². The van der Waals surface area contributed by atoms with Crippen LogP contribution in [0.15, 0.2) is 0 Å². The zero-order chi connectivity index (χ0) is 37.5. The van der Waals surface area contributed by atoms with Crippen LogP contribution in [0, 0.1) is 5.92 Å². The highest BCUT2D eigenvalue weighted by Gasteiger charge is 2.19. The van der Waals surface area contributed by atoms with E-state index in [1.54, 1.807) is 0 Å². The zero-order valence-electron chi connectivity index (χ0n) is 34.6. The van der Waals surface area contributed by atoms with Gasteiger partial charge in [-0.1, -0.05) is 207 Å². The third-order valence-electron chi connectivity index (χ3n) is 10.0. The summed E-state index contributed by atoms with van der Waals surface area (Å²) in [6, 6.07) is 0. The molecule has 0 spiro atoms. The van der Waals surface area contributed by atoms with Crippen LogP contribution < -0.4 is 0 Å². The molecule has 0 amide bonds. The summed E-state index contributed by atoms with van der Waals surface area (Å²) in [6.07, 6.45) is 38.2. The maximum absolute atomic E-state index is 12.7. The Morgan fingerprint density at radius 1 is 0.373 bits per heavy atom. The maximum Gasteiger partial charge on any atom is 0.306 e. The van der Waals surface area contributed by atoms with Crippen molar-refractivity contribution in [3.8, 4) is 0 Å². The summed E-state index contributed by atoms with van der Waals surface area (Å²) in [5.41, 5.74) is 0. The topological polar surface area (TPSA) is 78.9 Å². The molecule has 0 saturated carbocycles. The first-order chi connectivity index (χ1) is 24.9. The Morgan fingerprint density at radius 3 is 0.961 bits per heavy atom. The molecule has 1 atom stereocenters. The van der Waals surface area contributed by atoms with E-state index in [0.717, 1.165) is 63.7 Å². The number of rotatable bonds is 40. The second-order valence-electron chi connectivity index (χ2n) is 15.8. The van der Waals surface area contributed by atoms with Crippen molar-refractivity contribution in [3.63, 3.8) is 0 Å². The van der Waals surface area contributed by atoms with Gasteiger partial charge in [0.15, 0.2) is 6.10 Å². The van der Waals surface area contributed by atoms with Crippen LogP contribution in [-0.4, -0.2) is 37.2 Å². The van der Waals surface area contributed by atoms with E-state index in [-0.39, 0.29) is 31.1 Å². The van der Waals surface area contributed by atoms with Gasteiger partial charge < -0.3 is 14.2 Å². The Morgan fingerprint density at radius 2 is 0.647 bits per heavy atom. The van der Waals surface area contributed by atoms with E-state index in [4.69, 9.17) is 14.2 Å². The third kappa shape index (κ3) is 39.5. The molecule has 0 heterocycles. The van der Waals surface area contributed by atoms with Gasteiger partial charge in [-0.05, 0) is 25.2 Å². The molecule has 0 fully saturated rings. The van der Waals surface area contributed by atoms with Gasteiger partial charge in [0.25, 0.3) is 0 Å². The zero-order valence-corrected chi connectivity index (χ0v) is 34.6. The molecule has 0 aliphatic rings. The number of esters is 3. The molecule has 0 aromatic heterocycles. The third-order valence-corrected chi connectivity index (χ3v) is 10.0. The van der Waals surface area contributed by atoms with Crippen LogP contribution in [0.1, 0.15) is 246 Å². The minimum absolute atomic E-state index is 0.0654. The normalized spacial score (nSPS) is 11.9. The van der Waals surface area contributed by atoms with Crippen molar-refractivity contribution in [1.29, 1.82) is 0 Å². The van der Waals surface area contributed by atoms with E-state index in [0.29, 0.717) is 19.3 Å². The molecule has 0 unspecified atom stereocenters. The Bertz CT molecular complexity index is 766. The number of hydrogen-bond donors (Lipinski definition) is 0. The molecule has 0 aromatic rings. The van der Waals surface area contributed by atoms with Gasteiger partial charge in [0.1, 0.15) is 13.2 Å². The fraction of sp³-hybridized carbons (Fsp3) is 0.933. The molecular formula is C45H86O6. The van der Waals surface area contributed by atoms with E-state index >= 15 is 0 Å². The lowest BCUT2D eigenvalue weighted by atomic mass is 10.0. The number of hydrogen-bond acceptors (Lipinski definition) is 6. The lowest BCUT2D eigenvalue weighted by Crippen LogP contribution is -2.30. The predicted octanol–water partition coefficient (Wildman–Crippen LogP) is 13.9. The van der Waals surface area contributed by atoms with Crippen LogP contribution in [-0.2, 0) is 28.6 Å². The minimum atomic E-state index is -0.758. The van der Waals surface area contributed by atoms with E-state index in [9.17, 15) is 14.4 Å². The highest BCUT2D eigenvalue weighted by atomic mass is 16.6. The molecule has 0 saturated heterocycles. The lowest BCUT2D eigenvalue weighted by molar-refractivity contribution is -0.167. The summed E-state index contributed by atoms with van der Waals surface area (Å²) < 4.78 is 16.6. The first kappa shape index (κ1) is 49.4. The number of ether oxygens (including phenoxy) is 3. The van der Waals surface area contributed by atoms with Crippen LogP contribution in [0.5, 0.6) is 0 Å². The van der Waals surface area contributed by atoms with Crippen LogP contribution >= 0.6 is 0 Å². The monoisotopic (exact) mass is 723 g/mol. The van der Waals surface area contributed by atoms with Crippen molar-refractivity contribution in [3.05, 3.63) is 0 Å². The summed E-state index contributed by atoms with van der Waals surface area (Å²) >= 11 is 0. The van der Waals surface area contributed by atoms with Gasteiger partial charge in [0.05, 0.1) is 0 Å². The Balaban J connectivity index is 4.24. The summed E-state index contributed by atoms with van der Waals surface area (Å²) in [7, 11) is 0. The molecule has 0 aliphatic carbocycles. The van der Waals surface area contributed by atoms with Crippen LogP contribution in [0.3, 0.4) is 0 Å². The van der Waals surface area contributed by atoms with Crippen molar-refractivity contribution in [2.75, 3.05) is 13.2 Å². The number of carbonyl (C=O) groups is 3. The standard InChI is InChI=1S/C45H86O6/c1-5-7-9-11-13-14-15-16-17-18-19-20-21-25-30-34-38-45(48)51-42(39-49-43(46)36-32-28-23-12-10-8-6-2)40-50-44(47)37-33-29-26-22-24-27-31-35-41(3)4/h41-42H,5-40H2,1-4H3/t42-/m1/s1. The molecule has 0 rings (SSSR count). The fourth-order valence-electron chi connectivity index (χ4n) is 6.63. The predicted molar refractivity (Wildman–Crippen MR) is 215 cm³/mol. The van der Waals surface area contributed by atoms with Gasteiger partial charge in [0, 0.05) is 19.3 Å². The molecule has 0 aliphatic heterocycles. The lowest BCUT2D eigenvalue weighted by Gasteiger charge is -2.18. The first-order valence-electron chi connectivity index (χ1n) is 22.4. The van der Waals surface area contributed by atoms with Crippen molar-refractivity contribution in [2.24, 2.45) is 5.92 Å². The average molecular weight is 723 g/mol. The molecule has 6 heteroatoms. The Kier molecular flexibility index (Phi) is 38.4. The summed E-state index contributed by atoms with van der Waals surface area (Å²) in [5.74, 6) is -0.0826. The first-order valence-corrected chi connectivity index (χ1v) is 22.4. The summed E-state index contributed by atoms with van der Waals surface area (Å²) in [5, 5.41) is 0. The molecule has 6 nitrogen and oxygen atoms in total. The maximum atomic E-state index is 12.7. The second-order valence-corrected chi connectivity index (χ2v) is 15.8. The van der Waals surface area contributed by atoms with Crippen molar-refractivity contribution < 1.29 is 28.6 Å². The highest BCUT2D eigenvalue weighted by molar-refractivity contribution is 5.71. The van der Waals surface area contributed by atoms with Gasteiger partial charge in [-0.25, -0.2) is 0 Å². The molecule has 302 valence electrons. The van der Waals surface area contributed by atoms with Crippen molar-refractivity contribution in [2.45, 2.75) is 252 Å². The van der Waals surface area contributed by atoms with E-state index in [1.807, 2.05) is 0 Å². The number of carbonyl (C=O) groups excluding carboxylic acids is 3. The molecule has 0 bridgehead atoms. The SMILES string of the molecule is CCCCCCCCCCCCCCCCCCC(=O)O[C@H](COC(=O)CCCCCCCCC)COC(=O)CCCCCCCCCC(C)C. The second kappa shape index (κ2) is 39.6. The fourth-order valence-corrected chi connectivity index (χ4v) is 6.63.